The smallest absolute Gasteiger partial charge is 0.208 e. The van der Waals surface area contributed by atoms with E-state index in [4.69, 9.17) is 11.5 Å². The van der Waals surface area contributed by atoms with Crippen LogP contribution >= 0.6 is 0 Å². The third kappa shape index (κ3) is 2.45. The number of hydrogen-bond donors (Lipinski definition) is 3. The lowest BCUT2D eigenvalue weighted by Crippen LogP contribution is -2.26. The molecule has 0 aromatic heterocycles. The maximum Gasteiger partial charge on any atom is 0.208 e. The van der Waals surface area contributed by atoms with E-state index in [0.717, 1.165) is 12.8 Å². The van der Waals surface area contributed by atoms with E-state index in [9.17, 15) is 0 Å². The van der Waals surface area contributed by atoms with Gasteiger partial charge in [-0.05, 0) is 32.6 Å². The number of nitrogens with zero attached hydrogens (tertiary/aromatic N) is 1. The first-order chi connectivity index (χ1) is 5.70. The highest BCUT2D eigenvalue weighted by molar-refractivity contribution is 5.75. The van der Waals surface area contributed by atoms with Crippen molar-refractivity contribution < 1.29 is 0 Å². The predicted molar refractivity (Wildman–Crippen MR) is 50.1 cm³/mol. The van der Waals surface area contributed by atoms with Crippen LogP contribution in [0.5, 0.6) is 0 Å². The van der Waals surface area contributed by atoms with Crippen molar-refractivity contribution in [3.63, 3.8) is 0 Å². The molecule has 1 rings (SSSR count). The molecule has 0 saturated heterocycles. The summed E-state index contributed by atoms with van der Waals surface area (Å²) in [5, 5.41) is 3.76. The van der Waals surface area contributed by atoms with Crippen molar-refractivity contribution in [3.05, 3.63) is 11.3 Å². The minimum atomic E-state index is 0.0841. The van der Waals surface area contributed by atoms with E-state index >= 15 is 0 Å². The molecule has 1 aliphatic rings. The molecule has 0 fully saturated rings. The van der Waals surface area contributed by atoms with Gasteiger partial charge >= 0.3 is 0 Å². The van der Waals surface area contributed by atoms with E-state index in [1.165, 1.54) is 24.1 Å². The van der Waals surface area contributed by atoms with Crippen LogP contribution < -0.4 is 16.9 Å². The van der Waals surface area contributed by atoms with E-state index in [0.29, 0.717) is 0 Å². The fourth-order valence-corrected chi connectivity index (χ4v) is 1.34. The third-order valence-electron chi connectivity index (χ3n) is 2.06. The van der Waals surface area contributed by atoms with Crippen molar-refractivity contribution in [2.75, 3.05) is 0 Å². The molecule has 0 aliphatic heterocycles. The van der Waals surface area contributed by atoms with Gasteiger partial charge in [-0.1, -0.05) is 5.57 Å². The molecule has 0 aromatic rings. The molecule has 1 aliphatic carbocycles. The van der Waals surface area contributed by atoms with E-state index in [2.05, 4.69) is 17.5 Å². The summed E-state index contributed by atoms with van der Waals surface area (Å²) in [6, 6.07) is 0. The van der Waals surface area contributed by atoms with Gasteiger partial charge in [0.05, 0.1) is 0 Å². The molecule has 0 bridgehead atoms. The van der Waals surface area contributed by atoms with Crippen molar-refractivity contribution in [2.45, 2.75) is 32.6 Å². The Morgan fingerprint density at radius 2 is 2.00 bits per heavy atom. The topological polar surface area (TPSA) is 76.4 Å². The van der Waals surface area contributed by atoms with E-state index < -0.39 is 0 Å². The highest BCUT2D eigenvalue weighted by Crippen LogP contribution is 2.21. The van der Waals surface area contributed by atoms with Gasteiger partial charge in [0.25, 0.3) is 0 Å². The second-order valence-corrected chi connectivity index (χ2v) is 3.11. The Hall–Kier alpha value is -1.19. The lowest BCUT2D eigenvalue weighted by atomic mass is 9.98. The largest absolute Gasteiger partial charge is 0.369 e. The molecular weight excluding hydrogens is 152 g/mol. The van der Waals surface area contributed by atoms with Gasteiger partial charge in [0, 0.05) is 5.70 Å². The normalized spacial score (nSPS) is 17.4. The number of rotatable bonds is 2. The summed E-state index contributed by atoms with van der Waals surface area (Å²) in [5.41, 5.74) is 15.8. The summed E-state index contributed by atoms with van der Waals surface area (Å²) in [5.74, 6) is 0.0841. The van der Waals surface area contributed by atoms with Crippen LogP contribution in [0, 0.1) is 0 Å². The molecule has 0 aromatic carbocycles. The second-order valence-electron chi connectivity index (χ2n) is 3.11. The fourth-order valence-electron chi connectivity index (χ4n) is 1.34. The molecule has 4 heteroatoms. The van der Waals surface area contributed by atoms with Gasteiger partial charge in [-0.3, -0.25) is 5.43 Å². The average Bonchev–Trinajstić information content (AvgIpc) is 2.03. The molecule has 0 unspecified atom stereocenters. The second kappa shape index (κ2) is 3.99. The van der Waals surface area contributed by atoms with Crippen LogP contribution in [0.4, 0.5) is 0 Å². The summed E-state index contributed by atoms with van der Waals surface area (Å²) in [6.07, 6.45) is 4.71. The number of allylic oxidation sites excluding steroid dienone is 2. The Morgan fingerprint density at radius 1 is 1.33 bits per heavy atom. The number of nitrogens with two attached hydrogens (primary N) is 2. The molecule has 12 heavy (non-hydrogen) atoms. The SMILES string of the molecule is CC1=C(NN=C(N)N)CCCC1. The Labute approximate surface area is 72.7 Å². The average molecular weight is 168 g/mol. The van der Waals surface area contributed by atoms with Crippen LogP contribution in [-0.2, 0) is 0 Å². The molecule has 0 heterocycles. The van der Waals surface area contributed by atoms with Crippen LogP contribution in [0.15, 0.2) is 16.4 Å². The molecule has 0 saturated carbocycles. The highest BCUT2D eigenvalue weighted by atomic mass is 15.3. The number of hydrazone groups is 1. The van der Waals surface area contributed by atoms with Gasteiger partial charge < -0.3 is 11.5 Å². The number of hydrogen-bond acceptors (Lipinski definition) is 2. The summed E-state index contributed by atoms with van der Waals surface area (Å²) in [4.78, 5) is 0. The lowest BCUT2D eigenvalue weighted by Gasteiger charge is -2.16. The minimum Gasteiger partial charge on any atom is -0.369 e. The monoisotopic (exact) mass is 168 g/mol. The Kier molecular flexibility index (Phi) is 2.96. The Morgan fingerprint density at radius 3 is 2.58 bits per heavy atom. The van der Waals surface area contributed by atoms with Crippen LogP contribution in [-0.4, -0.2) is 5.96 Å². The number of guanidine groups is 1. The summed E-state index contributed by atoms with van der Waals surface area (Å²) in [7, 11) is 0. The van der Waals surface area contributed by atoms with Gasteiger partial charge in [0.1, 0.15) is 0 Å². The zero-order valence-electron chi connectivity index (χ0n) is 7.43. The van der Waals surface area contributed by atoms with Crippen LogP contribution in [0.3, 0.4) is 0 Å². The molecular formula is C8H16N4. The summed E-state index contributed by atoms with van der Waals surface area (Å²) < 4.78 is 0. The first kappa shape index (κ1) is 8.90. The Bertz CT molecular complexity index is 213. The van der Waals surface area contributed by atoms with Crippen molar-refractivity contribution in [1.82, 2.24) is 5.43 Å². The van der Waals surface area contributed by atoms with Gasteiger partial charge in [-0.2, -0.15) is 0 Å². The van der Waals surface area contributed by atoms with Gasteiger partial charge in [-0.15, -0.1) is 5.10 Å². The van der Waals surface area contributed by atoms with Crippen molar-refractivity contribution >= 4 is 5.96 Å². The zero-order chi connectivity index (χ0) is 8.97. The number of nitrogens with one attached hydrogen (secondary N) is 1. The maximum absolute atomic E-state index is 5.20. The fraction of sp³-hybridized carbons (Fsp3) is 0.625. The molecule has 0 amide bonds. The predicted octanol–water partition coefficient (Wildman–Crippen LogP) is 0.612. The van der Waals surface area contributed by atoms with Crippen LogP contribution in [0.2, 0.25) is 0 Å². The molecule has 4 nitrogen and oxygen atoms in total. The van der Waals surface area contributed by atoms with Crippen LogP contribution in [0.25, 0.3) is 0 Å². The van der Waals surface area contributed by atoms with Crippen molar-refractivity contribution in [2.24, 2.45) is 16.6 Å². The summed E-state index contributed by atoms with van der Waals surface area (Å²) in [6.45, 7) is 2.11. The molecule has 0 radical (unpaired) electrons. The van der Waals surface area contributed by atoms with E-state index in [1.807, 2.05) is 0 Å². The minimum absolute atomic E-state index is 0.0841. The third-order valence-corrected chi connectivity index (χ3v) is 2.06. The van der Waals surface area contributed by atoms with E-state index in [1.54, 1.807) is 0 Å². The van der Waals surface area contributed by atoms with Gasteiger partial charge in [0.2, 0.25) is 5.96 Å². The zero-order valence-corrected chi connectivity index (χ0v) is 7.43. The van der Waals surface area contributed by atoms with Crippen molar-refractivity contribution in [3.8, 4) is 0 Å². The quantitative estimate of drug-likeness (QED) is 0.321. The maximum atomic E-state index is 5.20. The van der Waals surface area contributed by atoms with Crippen LogP contribution in [0.1, 0.15) is 32.6 Å². The molecule has 0 spiro atoms. The molecule has 5 N–H and O–H groups in total. The lowest BCUT2D eigenvalue weighted by molar-refractivity contribution is 0.626. The highest BCUT2D eigenvalue weighted by Gasteiger charge is 2.07. The Balaban J connectivity index is 2.55. The summed E-state index contributed by atoms with van der Waals surface area (Å²) >= 11 is 0. The van der Waals surface area contributed by atoms with E-state index in [-0.39, 0.29) is 5.96 Å². The molecule has 0 atom stereocenters. The first-order valence-electron chi connectivity index (χ1n) is 4.23. The standard InChI is InChI=1S/C8H16N4/c1-6-4-2-3-5-7(6)11-12-8(9)10/h11H,2-5H2,1H3,(H4,9,10,12). The molecule has 68 valence electrons. The first-order valence-corrected chi connectivity index (χ1v) is 4.23. The van der Waals surface area contributed by atoms with Crippen molar-refractivity contribution in [1.29, 1.82) is 0 Å². The van der Waals surface area contributed by atoms with Gasteiger partial charge in [0.15, 0.2) is 0 Å². The van der Waals surface area contributed by atoms with Gasteiger partial charge in [-0.25, -0.2) is 0 Å².